The maximum absolute atomic E-state index is 10.4. The van der Waals surface area contributed by atoms with Crippen molar-refractivity contribution in [2.75, 3.05) is 13.2 Å². The minimum absolute atomic E-state index is 0.0255. The van der Waals surface area contributed by atoms with Crippen molar-refractivity contribution in [2.45, 2.75) is 25.9 Å². The molecule has 0 radical (unpaired) electrons. The first kappa shape index (κ1) is 10.5. The molecule has 0 amide bonds. The van der Waals surface area contributed by atoms with Gasteiger partial charge in [0, 0.05) is 12.5 Å². The summed E-state index contributed by atoms with van der Waals surface area (Å²) in [6.45, 7) is 3.00. The molecule has 13 heavy (non-hydrogen) atoms. The van der Waals surface area contributed by atoms with Crippen molar-refractivity contribution >= 4 is 5.97 Å². The van der Waals surface area contributed by atoms with Crippen LogP contribution in [0.5, 0.6) is 0 Å². The SMILES string of the molecule is CC(CC(=O)O)C(O)C1CCOC1. The Morgan fingerprint density at radius 3 is 2.85 bits per heavy atom. The minimum Gasteiger partial charge on any atom is -0.481 e. The summed E-state index contributed by atoms with van der Waals surface area (Å²) in [5.74, 6) is -0.927. The molecule has 4 heteroatoms. The molecule has 3 unspecified atom stereocenters. The summed E-state index contributed by atoms with van der Waals surface area (Å²) in [6, 6.07) is 0. The van der Waals surface area contributed by atoms with E-state index in [9.17, 15) is 9.90 Å². The van der Waals surface area contributed by atoms with Gasteiger partial charge in [-0.25, -0.2) is 0 Å². The van der Waals surface area contributed by atoms with Gasteiger partial charge in [-0.15, -0.1) is 0 Å². The molecule has 76 valence electrons. The van der Waals surface area contributed by atoms with Gasteiger partial charge in [-0.05, 0) is 12.3 Å². The minimum atomic E-state index is -0.856. The molecule has 0 spiro atoms. The van der Waals surface area contributed by atoms with Crippen LogP contribution >= 0.6 is 0 Å². The zero-order valence-corrected chi connectivity index (χ0v) is 7.77. The monoisotopic (exact) mass is 188 g/mol. The fraction of sp³-hybridized carbons (Fsp3) is 0.889. The van der Waals surface area contributed by atoms with Crippen LogP contribution in [-0.4, -0.2) is 35.5 Å². The Kier molecular flexibility index (Phi) is 3.69. The molecule has 1 fully saturated rings. The van der Waals surface area contributed by atoms with Crippen molar-refractivity contribution in [1.82, 2.24) is 0 Å². The van der Waals surface area contributed by atoms with Crippen LogP contribution < -0.4 is 0 Å². The average Bonchev–Trinajstić information content (AvgIpc) is 2.53. The lowest BCUT2D eigenvalue weighted by molar-refractivity contribution is -0.139. The van der Waals surface area contributed by atoms with E-state index in [0.717, 1.165) is 6.42 Å². The molecular formula is C9H16O4. The summed E-state index contributed by atoms with van der Waals surface area (Å²) in [7, 11) is 0. The number of hydrogen-bond acceptors (Lipinski definition) is 3. The molecule has 0 aromatic rings. The molecule has 2 N–H and O–H groups in total. The Balaban J connectivity index is 2.36. The maximum atomic E-state index is 10.4. The average molecular weight is 188 g/mol. The molecule has 1 aliphatic heterocycles. The van der Waals surface area contributed by atoms with Gasteiger partial charge in [0.25, 0.3) is 0 Å². The number of carboxylic acids is 1. The number of aliphatic hydroxyl groups excluding tert-OH is 1. The van der Waals surface area contributed by atoms with Crippen LogP contribution in [0.4, 0.5) is 0 Å². The van der Waals surface area contributed by atoms with Crippen LogP contribution in [0.2, 0.25) is 0 Å². The lowest BCUT2D eigenvalue weighted by Crippen LogP contribution is -2.29. The van der Waals surface area contributed by atoms with Gasteiger partial charge in [0.05, 0.1) is 19.1 Å². The van der Waals surface area contributed by atoms with Crippen LogP contribution in [0, 0.1) is 11.8 Å². The van der Waals surface area contributed by atoms with Gasteiger partial charge in [-0.2, -0.15) is 0 Å². The maximum Gasteiger partial charge on any atom is 0.303 e. The van der Waals surface area contributed by atoms with Crippen molar-refractivity contribution in [2.24, 2.45) is 11.8 Å². The summed E-state index contributed by atoms with van der Waals surface area (Å²) in [5, 5.41) is 18.3. The smallest absolute Gasteiger partial charge is 0.303 e. The van der Waals surface area contributed by atoms with E-state index < -0.39 is 12.1 Å². The van der Waals surface area contributed by atoms with E-state index in [2.05, 4.69) is 0 Å². The lowest BCUT2D eigenvalue weighted by atomic mass is 9.89. The Labute approximate surface area is 77.5 Å². The molecule has 1 rings (SSSR count). The molecule has 0 aromatic carbocycles. The molecule has 1 aliphatic rings. The quantitative estimate of drug-likeness (QED) is 0.674. The molecule has 1 saturated heterocycles. The highest BCUT2D eigenvalue weighted by molar-refractivity contribution is 5.67. The second-order valence-corrected chi connectivity index (χ2v) is 3.69. The van der Waals surface area contributed by atoms with Crippen molar-refractivity contribution in [1.29, 1.82) is 0 Å². The third kappa shape index (κ3) is 2.97. The van der Waals surface area contributed by atoms with Crippen molar-refractivity contribution in [3.8, 4) is 0 Å². The van der Waals surface area contributed by atoms with Crippen LogP contribution in [0.25, 0.3) is 0 Å². The van der Waals surface area contributed by atoms with Gasteiger partial charge in [0.1, 0.15) is 0 Å². The van der Waals surface area contributed by atoms with E-state index in [1.54, 1.807) is 6.92 Å². The molecule has 0 aliphatic carbocycles. The topological polar surface area (TPSA) is 66.8 Å². The van der Waals surface area contributed by atoms with Crippen LogP contribution in [0.3, 0.4) is 0 Å². The van der Waals surface area contributed by atoms with E-state index in [-0.39, 0.29) is 18.3 Å². The molecule has 0 aromatic heterocycles. The first-order valence-corrected chi connectivity index (χ1v) is 4.59. The van der Waals surface area contributed by atoms with Gasteiger partial charge in [-0.3, -0.25) is 4.79 Å². The zero-order chi connectivity index (χ0) is 9.84. The number of aliphatic hydroxyl groups is 1. The Hall–Kier alpha value is -0.610. The number of ether oxygens (including phenoxy) is 1. The molecule has 3 atom stereocenters. The largest absolute Gasteiger partial charge is 0.481 e. The number of carboxylic acid groups (broad SMARTS) is 1. The predicted octanol–water partition coefficient (Wildman–Crippen LogP) is 0.495. The summed E-state index contributed by atoms with van der Waals surface area (Å²) in [5.41, 5.74) is 0. The van der Waals surface area contributed by atoms with Crippen LogP contribution in [-0.2, 0) is 9.53 Å². The van der Waals surface area contributed by atoms with Crippen LogP contribution in [0.1, 0.15) is 19.8 Å². The highest BCUT2D eigenvalue weighted by Gasteiger charge is 2.29. The third-order valence-electron chi connectivity index (χ3n) is 2.53. The fourth-order valence-corrected chi connectivity index (χ4v) is 1.68. The van der Waals surface area contributed by atoms with Crippen molar-refractivity contribution < 1.29 is 19.7 Å². The van der Waals surface area contributed by atoms with E-state index in [4.69, 9.17) is 9.84 Å². The standard InChI is InChI=1S/C9H16O4/c1-6(4-8(10)11)9(12)7-2-3-13-5-7/h6-7,9,12H,2-5H2,1H3,(H,10,11). The van der Waals surface area contributed by atoms with Crippen LogP contribution in [0.15, 0.2) is 0 Å². The first-order valence-electron chi connectivity index (χ1n) is 4.59. The van der Waals surface area contributed by atoms with Crippen molar-refractivity contribution in [3.05, 3.63) is 0 Å². The third-order valence-corrected chi connectivity index (χ3v) is 2.53. The van der Waals surface area contributed by atoms with Gasteiger partial charge in [0.15, 0.2) is 0 Å². The highest BCUT2D eigenvalue weighted by Crippen LogP contribution is 2.23. The normalized spacial score (nSPS) is 27.1. The predicted molar refractivity (Wildman–Crippen MR) is 46.3 cm³/mol. The molecule has 4 nitrogen and oxygen atoms in total. The number of hydrogen-bond donors (Lipinski definition) is 2. The van der Waals surface area contributed by atoms with E-state index in [0.29, 0.717) is 13.2 Å². The Bertz CT molecular complexity index is 174. The summed E-state index contributed by atoms with van der Waals surface area (Å²) < 4.78 is 5.13. The van der Waals surface area contributed by atoms with Gasteiger partial charge >= 0.3 is 5.97 Å². The molecule has 0 bridgehead atoms. The number of rotatable bonds is 4. The van der Waals surface area contributed by atoms with Crippen molar-refractivity contribution in [3.63, 3.8) is 0 Å². The van der Waals surface area contributed by atoms with Gasteiger partial charge in [0.2, 0.25) is 0 Å². The highest BCUT2D eigenvalue weighted by atomic mass is 16.5. The van der Waals surface area contributed by atoms with Gasteiger partial charge in [-0.1, -0.05) is 6.92 Å². The lowest BCUT2D eigenvalue weighted by Gasteiger charge is -2.21. The van der Waals surface area contributed by atoms with Gasteiger partial charge < -0.3 is 14.9 Å². The summed E-state index contributed by atoms with van der Waals surface area (Å²) in [4.78, 5) is 10.4. The zero-order valence-electron chi connectivity index (χ0n) is 7.77. The fourth-order valence-electron chi connectivity index (χ4n) is 1.68. The summed E-state index contributed by atoms with van der Waals surface area (Å²) in [6.07, 6.45) is 0.321. The number of aliphatic carboxylic acids is 1. The Morgan fingerprint density at radius 1 is 1.69 bits per heavy atom. The number of carbonyl (C=O) groups is 1. The Morgan fingerprint density at radius 2 is 2.38 bits per heavy atom. The van der Waals surface area contributed by atoms with E-state index >= 15 is 0 Å². The van der Waals surface area contributed by atoms with E-state index in [1.165, 1.54) is 0 Å². The molecule has 1 heterocycles. The molecule has 0 saturated carbocycles. The van der Waals surface area contributed by atoms with E-state index in [1.807, 2.05) is 0 Å². The molecular weight excluding hydrogens is 172 g/mol. The second-order valence-electron chi connectivity index (χ2n) is 3.69. The first-order chi connectivity index (χ1) is 6.11. The second kappa shape index (κ2) is 4.58. The summed E-state index contributed by atoms with van der Waals surface area (Å²) >= 11 is 0.